The molecule has 104 valence electrons. The van der Waals surface area contributed by atoms with Crippen molar-refractivity contribution < 1.29 is 23.9 Å². The molecule has 0 aromatic carbocycles. The number of ether oxygens (including phenoxy) is 2. The Balaban J connectivity index is 4.39. The molecule has 0 aliphatic rings. The number of amides is 2. The van der Waals surface area contributed by atoms with Crippen molar-refractivity contribution in [2.24, 2.45) is 5.92 Å². The van der Waals surface area contributed by atoms with E-state index in [1.54, 1.807) is 0 Å². The fourth-order valence-corrected chi connectivity index (χ4v) is 1.26. The molecule has 1 atom stereocenters. The zero-order chi connectivity index (χ0) is 14.1. The van der Waals surface area contributed by atoms with E-state index in [2.05, 4.69) is 20.1 Å². The van der Waals surface area contributed by atoms with Gasteiger partial charge in [-0.2, -0.15) is 0 Å². The molecule has 2 N–H and O–H groups in total. The Hall–Kier alpha value is -1.79. The molecule has 2 amide bonds. The number of alkyl carbamates (subject to hydrolysis) is 1. The van der Waals surface area contributed by atoms with Crippen molar-refractivity contribution >= 4 is 18.0 Å². The fraction of sp³-hybridized carbons (Fsp3) is 0.727. The second-order valence-electron chi connectivity index (χ2n) is 4.11. The lowest BCUT2D eigenvalue weighted by Crippen LogP contribution is -2.48. The van der Waals surface area contributed by atoms with Gasteiger partial charge in [-0.3, -0.25) is 9.59 Å². The van der Waals surface area contributed by atoms with E-state index in [9.17, 15) is 14.4 Å². The lowest BCUT2D eigenvalue weighted by Gasteiger charge is -2.19. The summed E-state index contributed by atoms with van der Waals surface area (Å²) < 4.78 is 8.84. The van der Waals surface area contributed by atoms with Crippen molar-refractivity contribution in [2.75, 3.05) is 20.8 Å². The van der Waals surface area contributed by atoms with Crippen LogP contribution in [0.4, 0.5) is 4.79 Å². The zero-order valence-electron chi connectivity index (χ0n) is 11.1. The average molecular weight is 260 g/mol. The molecular formula is C11H20N2O5. The number of hydrogen-bond donors (Lipinski definition) is 2. The summed E-state index contributed by atoms with van der Waals surface area (Å²) in [5.74, 6) is -0.791. The summed E-state index contributed by atoms with van der Waals surface area (Å²) in [7, 11) is 2.45. The molecule has 0 unspecified atom stereocenters. The van der Waals surface area contributed by atoms with Gasteiger partial charge in [-0.05, 0) is 12.3 Å². The molecule has 0 radical (unpaired) electrons. The second kappa shape index (κ2) is 8.32. The molecule has 0 aromatic heterocycles. The molecule has 0 saturated carbocycles. The highest BCUT2D eigenvalue weighted by Crippen LogP contribution is 2.05. The van der Waals surface area contributed by atoms with Crippen LogP contribution in [0, 0.1) is 5.92 Å². The number of carbonyl (C=O) groups is 3. The topological polar surface area (TPSA) is 93.7 Å². The van der Waals surface area contributed by atoms with Crippen LogP contribution >= 0.6 is 0 Å². The molecular weight excluding hydrogens is 240 g/mol. The Morgan fingerprint density at radius 3 is 2.17 bits per heavy atom. The molecule has 7 heteroatoms. The predicted molar refractivity (Wildman–Crippen MR) is 63.8 cm³/mol. The van der Waals surface area contributed by atoms with Crippen molar-refractivity contribution in [3.63, 3.8) is 0 Å². The Morgan fingerprint density at radius 1 is 1.11 bits per heavy atom. The average Bonchev–Trinajstić information content (AvgIpc) is 2.33. The first-order chi connectivity index (χ1) is 8.40. The third-order valence-corrected chi connectivity index (χ3v) is 2.14. The van der Waals surface area contributed by atoms with E-state index in [1.165, 1.54) is 14.2 Å². The van der Waals surface area contributed by atoms with E-state index in [0.717, 1.165) is 0 Å². The van der Waals surface area contributed by atoms with Crippen LogP contribution in [0.1, 0.15) is 20.3 Å². The van der Waals surface area contributed by atoms with Crippen LogP contribution in [0.3, 0.4) is 0 Å². The highest BCUT2D eigenvalue weighted by atomic mass is 16.5. The summed E-state index contributed by atoms with van der Waals surface area (Å²) >= 11 is 0. The van der Waals surface area contributed by atoms with Crippen LogP contribution < -0.4 is 10.6 Å². The van der Waals surface area contributed by atoms with E-state index < -0.39 is 24.0 Å². The van der Waals surface area contributed by atoms with E-state index in [-0.39, 0.29) is 12.5 Å². The Kier molecular flexibility index (Phi) is 7.50. The lowest BCUT2D eigenvalue weighted by atomic mass is 10.0. The van der Waals surface area contributed by atoms with Crippen LogP contribution in [0.25, 0.3) is 0 Å². The van der Waals surface area contributed by atoms with Gasteiger partial charge in [0.2, 0.25) is 5.91 Å². The first-order valence-electron chi connectivity index (χ1n) is 5.59. The minimum atomic E-state index is -0.734. The molecule has 7 nitrogen and oxygen atoms in total. The van der Waals surface area contributed by atoms with Gasteiger partial charge in [-0.1, -0.05) is 13.8 Å². The minimum absolute atomic E-state index is 0.205. The Labute approximate surface area is 106 Å². The second-order valence-corrected chi connectivity index (χ2v) is 4.11. The molecule has 0 saturated heterocycles. The van der Waals surface area contributed by atoms with Crippen LogP contribution in [0.15, 0.2) is 0 Å². The third kappa shape index (κ3) is 6.72. The first-order valence-corrected chi connectivity index (χ1v) is 5.59. The third-order valence-electron chi connectivity index (χ3n) is 2.14. The van der Waals surface area contributed by atoms with Crippen LogP contribution in [-0.4, -0.2) is 44.8 Å². The summed E-state index contributed by atoms with van der Waals surface area (Å²) in [6.45, 7) is 3.60. The first kappa shape index (κ1) is 16.2. The maximum absolute atomic E-state index is 11.8. The van der Waals surface area contributed by atoms with E-state index in [4.69, 9.17) is 0 Å². The highest BCUT2D eigenvalue weighted by Gasteiger charge is 2.22. The molecule has 0 bridgehead atoms. The lowest BCUT2D eigenvalue weighted by molar-refractivity contribution is -0.141. The number of methoxy groups -OCH3 is 2. The quantitative estimate of drug-likeness (QED) is 0.658. The van der Waals surface area contributed by atoms with Gasteiger partial charge in [0.1, 0.15) is 12.6 Å². The number of rotatable bonds is 6. The van der Waals surface area contributed by atoms with Crippen LogP contribution in [0.5, 0.6) is 0 Å². The number of hydrogen-bond acceptors (Lipinski definition) is 5. The van der Waals surface area contributed by atoms with E-state index in [0.29, 0.717) is 6.42 Å². The fourth-order valence-electron chi connectivity index (χ4n) is 1.26. The summed E-state index contributed by atoms with van der Waals surface area (Å²) in [6.07, 6.45) is -0.240. The van der Waals surface area contributed by atoms with Crippen molar-refractivity contribution in [3.8, 4) is 0 Å². The van der Waals surface area contributed by atoms with Gasteiger partial charge in [0.25, 0.3) is 0 Å². The molecule has 0 aliphatic heterocycles. The van der Waals surface area contributed by atoms with Gasteiger partial charge >= 0.3 is 12.1 Å². The van der Waals surface area contributed by atoms with Crippen molar-refractivity contribution in [1.82, 2.24) is 10.6 Å². The van der Waals surface area contributed by atoms with Gasteiger partial charge in [0, 0.05) is 0 Å². The van der Waals surface area contributed by atoms with Gasteiger partial charge in [-0.25, -0.2) is 4.79 Å². The Bertz CT molecular complexity index is 304. The Morgan fingerprint density at radius 2 is 1.72 bits per heavy atom. The summed E-state index contributed by atoms with van der Waals surface area (Å²) in [5, 5.41) is 4.80. The summed E-state index contributed by atoms with van der Waals surface area (Å²) in [5.41, 5.74) is 0. The van der Waals surface area contributed by atoms with Crippen molar-refractivity contribution in [2.45, 2.75) is 26.3 Å². The largest absolute Gasteiger partial charge is 0.468 e. The van der Waals surface area contributed by atoms with E-state index in [1.807, 2.05) is 13.8 Å². The summed E-state index contributed by atoms with van der Waals surface area (Å²) in [6, 6.07) is -0.734. The molecule has 0 aromatic rings. The van der Waals surface area contributed by atoms with Gasteiger partial charge in [0.05, 0.1) is 14.2 Å². The van der Waals surface area contributed by atoms with Gasteiger partial charge in [-0.15, -0.1) is 0 Å². The normalized spacial score (nSPS) is 11.6. The van der Waals surface area contributed by atoms with Crippen molar-refractivity contribution in [1.29, 1.82) is 0 Å². The number of esters is 1. The maximum Gasteiger partial charge on any atom is 0.407 e. The van der Waals surface area contributed by atoms with E-state index >= 15 is 0 Å². The monoisotopic (exact) mass is 260 g/mol. The molecule has 0 spiro atoms. The van der Waals surface area contributed by atoms with Gasteiger partial charge < -0.3 is 20.1 Å². The summed E-state index contributed by atoms with van der Waals surface area (Å²) in [4.78, 5) is 33.7. The van der Waals surface area contributed by atoms with Gasteiger partial charge in [0.15, 0.2) is 0 Å². The molecule has 0 fully saturated rings. The zero-order valence-corrected chi connectivity index (χ0v) is 11.1. The SMILES string of the molecule is COC(=O)CNC(=O)[C@H](CC(C)C)NC(=O)OC. The highest BCUT2D eigenvalue weighted by molar-refractivity contribution is 5.88. The molecule has 0 heterocycles. The molecule has 0 aliphatic carbocycles. The number of nitrogens with one attached hydrogen (secondary N) is 2. The smallest absolute Gasteiger partial charge is 0.407 e. The minimum Gasteiger partial charge on any atom is -0.468 e. The molecule has 18 heavy (non-hydrogen) atoms. The van der Waals surface area contributed by atoms with Crippen LogP contribution in [-0.2, 0) is 19.1 Å². The molecule has 0 rings (SSSR count). The maximum atomic E-state index is 11.8. The predicted octanol–water partition coefficient (Wildman–Crippen LogP) is 0.0463. The standard InChI is InChI=1S/C11H20N2O5/c1-7(2)5-8(13-11(16)18-4)10(15)12-6-9(14)17-3/h7-8H,5-6H2,1-4H3,(H,12,15)(H,13,16)/t8-/m0/s1. The number of carbonyl (C=O) groups excluding carboxylic acids is 3. The van der Waals surface area contributed by atoms with Crippen LogP contribution in [0.2, 0.25) is 0 Å². The van der Waals surface area contributed by atoms with Crippen molar-refractivity contribution in [3.05, 3.63) is 0 Å².